The summed E-state index contributed by atoms with van der Waals surface area (Å²) in [5.41, 5.74) is 1.12. The van der Waals surface area contributed by atoms with Gasteiger partial charge >= 0.3 is 0 Å². The second kappa shape index (κ2) is 5.48. The molecule has 4 heteroatoms. The van der Waals surface area contributed by atoms with Crippen LogP contribution in [-0.2, 0) is 4.79 Å². The normalized spacial score (nSPS) is 24.8. The molecule has 1 N–H and O–H groups in total. The van der Waals surface area contributed by atoms with Crippen LogP contribution in [0.2, 0.25) is 0 Å². The highest BCUT2D eigenvalue weighted by Crippen LogP contribution is 2.22. The maximum atomic E-state index is 12.4. The number of carbonyl (C=O) groups excluding carboxylic acids is 1. The predicted molar refractivity (Wildman–Crippen MR) is 71.0 cm³/mol. The zero-order valence-electron chi connectivity index (χ0n) is 11.3. The fourth-order valence-electron chi connectivity index (χ4n) is 2.44. The summed E-state index contributed by atoms with van der Waals surface area (Å²) in [5.74, 6) is 0.605. The van der Waals surface area contributed by atoms with E-state index < -0.39 is 0 Å². The quantitative estimate of drug-likeness (QED) is 0.882. The van der Waals surface area contributed by atoms with E-state index in [0.717, 1.165) is 18.5 Å². The van der Waals surface area contributed by atoms with E-state index in [0.29, 0.717) is 5.92 Å². The van der Waals surface area contributed by atoms with Crippen LogP contribution in [0, 0.1) is 5.92 Å². The number of carbonyl (C=O) groups is 1. The molecule has 3 atom stereocenters. The van der Waals surface area contributed by atoms with Crippen molar-refractivity contribution in [3.05, 3.63) is 30.1 Å². The van der Waals surface area contributed by atoms with Crippen molar-refractivity contribution in [3.63, 3.8) is 0 Å². The lowest BCUT2D eigenvalue weighted by molar-refractivity contribution is -0.134. The Morgan fingerprint density at radius 2 is 2.17 bits per heavy atom. The van der Waals surface area contributed by atoms with Crippen molar-refractivity contribution in [3.8, 4) is 0 Å². The number of pyridine rings is 1. The van der Waals surface area contributed by atoms with Crippen LogP contribution >= 0.6 is 0 Å². The number of nitrogens with one attached hydrogen (secondary N) is 1. The summed E-state index contributed by atoms with van der Waals surface area (Å²) < 4.78 is 0. The van der Waals surface area contributed by atoms with E-state index in [1.54, 1.807) is 12.4 Å². The third-order valence-corrected chi connectivity index (χ3v) is 3.92. The fraction of sp³-hybridized carbons (Fsp3) is 0.571. The van der Waals surface area contributed by atoms with Crippen molar-refractivity contribution >= 4 is 5.91 Å². The first-order valence-electron chi connectivity index (χ1n) is 6.51. The van der Waals surface area contributed by atoms with E-state index in [1.807, 2.05) is 31.0 Å². The zero-order valence-corrected chi connectivity index (χ0v) is 11.3. The average molecular weight is 247 g/mol. The molecule has 18 heavy (non-hydrogen) atoms. The molecule has 1 aromatic rings. The van der Waals surface area contributed by atoms with Gasteiger partial charge in [-0.15, -0.1) is 0 Å². The van der Waals surface area contributed by atoms with Gasteiger partial charge in [-0.1, -0.05) is 6.92 Å². The second-order valence-corrected chi connectivity index (χ2v) is 5.10. The van der Waals surface area contributed by atoms with E-state index in [-0.39, 0.29) is 18.0 Å². The third kappa shape index (κ3) is 2.53. The summed E-state index contributed by atoms with van der Waals surface area (Å²) >= 11 is 0. The third-order valence-electron chi connectivity index (χ3n) is 3.92. The maximum absolute atomic E-state index is 12.4. The number of hydrogen-bond donors (Lipinski definition) is 1. The van der Waals surface area contributed by atoms with Gasteiger partial charge < -0.3 is 10.2 Å². The number of amides is 1. The first-order valence-corrected chi connectivity index (χ1v) is 6.51. The molecule has 0 bridgehead atoms. The number of rotatable bonds is 3. The molecule has 1 aliphatic heterocycles. The highest BCUT2D eigenvalue weighted by molar-refractivity contribution is 5.82. The minimum Gasteiger partial charge on any atom is -0.338 e. The molecule has 0 spiro atoms. The molecule has 1 amide bonds. The molecule has 0 aliphatic carbocycles. The average Bonchev–Trinajstić information content (AvgIpc) is 2.83. The lowest BCUT2D eigenvalue weighted by Gasteiger charge is -2.29. The predicted octanol–water partition coefficient (Wildman–Crippen LogP) is 1.60. The van der Waals surface area contributed by atoms with Crippen LogP contribution in [0.3, 0.4) is 0 Å². The smallest absolute Gasteiger partial charge is 0.240 e. The van der Waals surface area contributed by atoms with Crippen LogP contribution in [0.1, 0.15) is 31.9 Å². The summed E-state index contributed by atoms with van der Waals surface area (Å²) in [6.45, 7) is 5.12. The SMILES string of the molecule is CC1CCNC1C(=O)N(C)C(C)c1ccncc1. The fourth-order valence-corrected chi connectivity index (χ4v) is 2.44. The van der Waals surface area contributed by atoms with E-state index in [4.69, 9.17) is 0 Å². The molecular formula is C14H21N3O. The maximum Gasteiger partial charge on any atom is 0.240 e. The molecule has 2 rings (SSSR count). The van der Waals surface area contributed by atoms with Gasteiger partial charge in [-0.25, -0.2) is 0 Å². The van der Waals surface area contributed by atoms with E-state index in [9.17, 15) is 4.79 Å². The van der Waals surface area contributed by atoms with Gasteiger partial charge in [0, 0.05) is 19.4 Å². The van der Waals surface area contributed by atoms with Crippen LogP contribution in [0.15, 0.2) is 24.5 Å². The lowest BCUT2D eigenvalue weighted by atomic mass is 10.0. The topological polar surface area (TPSA) is 45.2 Å². The Labute approximate surface area is 108 Å². The van der Waals surface area contributed by atoms with E-state index >= 15 is 0 Å². The molecule has 0 aromatic carbocycles. The first kappa shape index (κ1) is 13.0. The Kier molecular flexibility index (Phi) is 3.97. The Bertz CT molecular complexity index is 407. The number of likely N-dealkylation sites (N-methyl/N-ethyl adjacent to an activating group) is 1. The van der Waals surface area contributed by atoms with Crippen molar-refractivity contribution < 1.29 is 4.79 Å². The number of nitrogens with zero attached hydrogens (tertiary/aromatic N) is 2. The minimum absolute atomic E-state index is 0.0284. The Morgan fingerprint density at radius 3 is 2.72 bits per heavy atom. The van der Waals surface area contributed by atoms with Crippen molar-refractivity contribution in [2.24, 2.45) is 5.92 Å². The van der Waals surface area contributed by atoms with Gasteiger partial charge in [0.25, 0.3) is 0 Å². The van der Waals surface area contributed by atoms with Crippen LogP contribution in [0.5, 0.6) is 0 Å². The van der Waals surface area contributed by atoms with E-state index in [2.05, 4.69) is 17.2 Å². The van der Waals surface area contributed by atoms with Gasteiger partial charge in [-0.2, -0.15) is 0 Å². The van der Waals surface area contributed by atoms with Crippen LogP contribution in [0.4, 0.5) is 0 Å². The molecule has 1 aliphatic rings. The molecule has 3 unspecified atom stereocenters. The molecular weight excluding hydrogens is 226 g/mol. The summed E-state index contributed by atoms with van der Waals surface area (Å²) in [7, 11) is 1.88. The molecule has 4 nitrogen and oxygen atoms in total. The minimum atomic E-state index is -0.0284. The van der Waals surface area contributed by atoms with Gasteiger partial charge in [0.15, 0.2) is 0 Å². The molecule has 0 radical (unpaired) electrons. The van der Waals surface area contributed by atoms with Crippen molar-refractivity contribution in [2.75, 3.05) is 13.6 Å². The van der Waals surface area contributed by atoms with Gasteiger partial charge in [0.1, 0.15) is 0 Å². The van der Waals surface area contributed by atoms with Crippen molar-refractivity contribution in [1.29, 1.82) is 0 Å². The largest absolute Gasteiger partial charge is 0.338 e. The molecule has 1 fully saturated rings. The van der Waals surface area contributed by atoms with Crippen LogP contribution < -0.4 is 5.32 Å². The van der Waals surface area contributed by atoms with Crippen molar-refractivity contribution in [2.45, 2.75) is 32.4 Å². The molecule has 2 heterocycles. The first-order chi connectivity index (χ1) is 8.61. The zero-order chi connectivity index (χ0) is 13.1. The van der Waals surface area contributed by atoms with Crippen LogP contribution in [0.25, 0.3) is 0 Å². The van der Waals surface area contributed by atoms with Crippen molar-refractivity contribution in [1.82, 2.24) is 15.2 Å². The monoisotopic (exact) mass is 247 g/mol. The lowest BCUT2D eigenvalue weighted by Crippen LogP contribution is -2.45. The molecule has 1 aromatic heterocycles. The number of hydrogen-bond acceptors (Lipinski definition) is 3. The summed E-state index contributed by atoms with van der Waals surface area (Å²) in [6, 6.07) is 3.97. The Morgan fingerprint density at radius 1 is 1.50 bits per heavy atom. The highest BCUT2D eigenvalue weighted by atomic mass is 16.2. The van der Waals surface area contributed by atoms with Gasteiger partial charge in [-0.3, -0.25) is 9.78 Å². The van der Waals surface area contributed by atoms with Gasteiger partial charge in [-0.05, 0) is 43.5 Å². The number of aromatic nitrogens is 1. The summed E-state index contributed by atoms with van der Waals surface area (Å²) in [5, 5.41) is 3.29. The summed E-state index contributed by atoms with van der Waals surface area (Å²) in [6.07, 6.45) is 4.61. The standard InChI is InChI=1S/C14H21N3O/c1-10-4-9-16-13(10)14(18)17(3)11(2)12-5-7-15-8-6-12/h5-8,10-11,13,16H,4,9H2,1-3H3. The summed E-state index contributed by atoms with van der Waals surface area (Å²) in [4.78, 5) is 18.3. The van der Waals surface area contributed by atoms with Crippen LogP contribution in [-0.4, -0.2) is 35.4 Å². The van der Waals surface area contributed by atoms with E-state index in [1.165, 1.54) is 0 Å². The Balaban J connectivity index is 2.07. The molecule has 0 saturated carbocycles. The molecule has 1 saturated heterocycles. The van der Waals surface area contributed by atoms with Gasteiger partial charge in [0.2, 0.25) is 5.91 Å². The second-order valence-electron chi connectivity index (χ2n) is 5.10. The Hall–Kier alpha value is -1.42. The highest BCUT2D eigenvalue weighted by Gasteiger charge is 2.32. The molecule has 98 valence electrons. The van der Waals surface area contributed by atoms with Gasteiger partial charge in [0.05, 0.1) is 12.1 Å².